The molecule has 1 aliphatic carbocycles. The Bertz CT molecular complexity index is 409. The minimum atomic E-state index is -0.0525. The van der Waals surface area contributed by atoms with Crippen molar-refractivity contribution in [2.75, 3.05) is 0 Å². The first-order valence-electron chi connectivity index (χ1n) is 7.20. The molecule has 19 heavy (non-hydrogen) atoms. The molecule has 2 amide bonds. The highest BCUT2D eigenvalue weighted by Crippen LogP contribution is 2.17. The molecule has 1 unspecified atom stereocenters. The van der Waals surface area contributed by atoms with Gasteiger partial charge in [-0.2, -0.15) is 5.10 Å². The molecule has 5 nitrogen and oxygen atoms in total. The van der Waals surface area contributed by atoms with Crippen LogP contribution in [0.3, 0.4) is 0 Å². The Balaban J connectivity index is 1.71. The molecule has 1 heterocycles. The number of carbonyl (C=O) groups is 1. The van der Waals surface area contributed by atoms with Crippen molar-refractivity contribution in [2.24, 2.45) is 0 Å². The summed E-state index contributed by atoms with van der Waals surface area (Å²) >= 11 is 0. The minimum absolute atomic E-state index is 0.0525. The lowest BCUT2D eigenvalue weighted by molar-refractivity contribution is 0.228. The summed E-state index contributed by atoms with van der Waals surface area (Å²) in [6, 6.07) is 2.34. The van der Waals surface area contributed by atoms with E-state index in [1.165, 1.54) is 19.3 Å². The predicted molar refractivity (Wildman–Crippen MR) is 75.0 cm³/mol. The van der Waals surface area contributed by atoms with Gasteiger partial charge in [0, 0.05) is 18.3 Å². The van der Waals surface area contributed by atoms with Crippen LogP contribution in [0.2, 0.25) is 0 Å². The van der Waals surface area contributed by atoms with Gasteiger partial charge in [-0.05, 0) is 32.8 Å². The molecule has 2 rings (SSSR count). The molecule has 106 valence electrons. The smallest absolute Gasteiger partial charge is 0.315 e. The fourth-order valence-corrected chi connectivity index (χ4v) is 2.59. The van der Waals surface area contributed by atoms with Crippen LogP contribution in [-0.2, 0) is 6.54 Å². The van der Waals surface area contributed by atoms with Crippen LogP contribution < -0.4 is 10.6 Å². The molecular formula is C14H24N4O. The van der Waals surface area contributed by atoms with Crippen LogP contribution in [0.1, 0.15) is 44.7 Å². The third-order valence-corrected chi connectivity index (χ3v) is 3.55. The van der Waals surface area contributed by atoms with E-state index in [1.54, 1.807) is 0 Å². The summed E-state index contributed by atoms with van der Waals surface area (Å²) in [5, 5.41) is 10.4. The number of aromatic nitrogens is 2. The number of nitrogens with zero attached hydrogens (tertiary/aromatic N) is 2. The number of hydrogen-bond donors (Lipinski definition) is 2. The SMILES string of the molecule is Cc1ccn(CC(C)NC(=O)NC2CCCCC2)n1. The molecule has 1 saturated carbocycles. The van der Waals surface area contributed by atoms with Crippen molar-refractivity contribution in [3.05, 3.63) is 18.0 Å². The molecule has 0 aromatic carbocycles. The Kier molecular flexibility index (Phi) is 4.82. The molecule has 2 N–H and O–H groups in total. The molecule has 0 aliphatic heterocycles. The zero-order chi connectivity index (χ0) is 13.7. The lowest BCUT2D eigenvalue weighted by atomic mass is 9.96. The highest BCUT2D eigenvalue weighted by Gasteiger charge is 2.16. The van der Waals surface area contributed by atoms with E-state index in [2.05, 4.69) is 15.7 Å². The van der Waals surface area contributed by atoms with Crippen LogP contribution in [-0.4, -0.2) is 27.9 Å². The topological polar surface area (TPSA) is 59.0 Å². The first-order chi connectivity index (χ1) is 9.13. The average molecular weight is 264 g/mol. The zero-order valence-electron chi connectivity index (χ0n) is 11.9. The Labute approximate surface area is 114 Å². The molecule has 0 radical (unpaired) electrons. The van der Waals surface area contributed by atoms with Gasteiger partial charge in [-0.15, -0.1) is 0 Å². The standard InChI is InChI=1S/C14H24N4O/c1-11-8-9-18(17-11)10-12(2)15-14(19)16-13-6-4-3-5-7-13/h8-9,12-13H,3-7,10H2,1-2H3,(H2,15,16,19). The molecular weight excluding hydrogens is 240 g/mol. The second kappa shape index (κ2) is 6.59. The van der Waals surface area contributed by atoms with Crippen molar-refractivity contribution in [3.8, 4) is 0 Å². The number of nitrogens with one attached hydrogen (secondary N) is 2. The van der Waals surface area contributed by atoms with Gasteiger partial charge in [-0.1, -0.05) is 19.3 Å². The summed E-state index contributed by atoms with van der Waals surface area (Å²) in [6.45, 7) is 4.66. The van der Waals surface area contributed by atoms with E-state index in [-0.39, 0.29) is 12.1 Å². The van der Waals surface area contributed by atoms with Crippen molar-refractivity contribution in [3.63, 3.8) is 0 Å². The summed E-state index contributed by atoms with van der Waals surface area (Å²) in [4.78, 5) is 11.9. The summed E-state index contributed by atoms with van der Waals surface area (Å²) < 4.78 is 1.86. The largest absolute Gasteiger partial charge is 0.335 e. The number of urea groups is 1. The third-order valence-electron chi connectivity index (χ3n) is 3.55. The minimum Gasteiger partial charge on any atom is -0.335 e. The molecule has 0 saturated heterocycles. The van der Waals surface area contributed by atoms with Gasteiger partial charge < -0.3 is 10.6 Å². The number of rotatable bonds is 4. The molecule has 1 aromatic rings. The zero-order valence-corrected chi connectivity index (χ0v) is 11.9. The van der Waals surface area contributed by atoms with Crippen molar-refractivity contribution in [2.45, 2.75) is 64.6 Å². The maximum atomic E-state index is 11.9. The monoisotopic (exact) mass is 264 g/mol. The van der Waals surface area contributed by atoms with Crippen molar-refractivity contribution >= 4 is 6.03 Å². The average Bonchev–Trinajstić information content (AvgIpc) is 2.75. The van der Waals surface area contributed by atoms with Gasteiger partial charge in [0.05, 0.1) is 12.2 Å². The summed E-state index contributed by atoms with van der Waals surface area (Å²) in [6.07, 6.45) is 7.92. The summed E-state index contributed by atoms with van der Waals surface area (Å²) in [5.74, 6) is 0. The fourth-order valence-electron chi connectivity index (χ4n) is 2.59. The van der Waals surface area contributed by atoms with Crippen LogP contribution in [0.15, 0.2) is 12.3 Å². The Hall–Kier alpha value is -1.52. The molecule has 0 bridgehead atoms. The van der Waals surface area contributed by atoms with Crippen molar-refractivity contribution in [1.29, 1.82) is 0 Å². The van der Waals surface area contributed by atoms with Crippen LogP contribution in [0, 0.1) is 6.92 Å². The van der Waals surface area contributed by atoms with Crippen LogP contribution in [0.25, 0.3) is 0 Å². The quantitative estimate of drug-likeness (QED) is 0.876. The second-order valence-corrected chi connectivity index (χ2v) is 5.53. The Morgan fingerprint density at radius 3 is 2.84 bits per heavy atom. The summed E-state index contributed by atoms with van der Waals surface area (Å²) in [7, 11) is 0. The predicted octanol–water partition coefficient (Wildman–Crippen LogP) is 2.21. The second-order valence-electron chi connectivity index (χ2n) is 5.53. The number of hydrogen-bond acceptors (Lipinski definition) is 2. The van der Waals surface area contributed by atoms with Gasteiger partial charge in [0.1, 0.15) is 0 Å². The number of carbonyl (C=O) groups excluding carboxylic acids is 1. The van der Waals surface area contributed by atoms with Crippen LogP contribution in [0.4, 0.5) is 4.79 Å². The van der Waals surface area contributed by atoms with Crippen LogP contribution >= 0.6 is 0 Å². The molecule has 1 aliphatic rings. The lowest BCUT2D eigenvalue weighted by Crippen LogP contribution is -2.47. The molecule has 0 spiro atoms. The molecule has 5 heteroatoms. The third kappa shape index (κ3) is 4.58. The van der Waals surface area contributed by atoms with E-state index in [1.807, 2.05) is 30.8 Å². The maximum Gasteiger partial charge on any atom is 0.315 e. The van der Waals surface area contributed by atoms with Gasteiger partial charge in [0.15, 0.2) is 0 Å². The van der Waals surface area contributed by atoms with E-state index >= 15 is 0 Å². The summed E-state index contributed by atoms with van der Waals surface area (Å²) in [5.41, 5.74) is 0.999. The van der Waals surface area contributed by atoms with Crippen molar-refractivity contribution < 1.29 is 4.79 Å². The van der Waals surface area contributed by atoms with Crippen molar-refractivity contribution in [1.82, 2.24) is 20.4 Å². The van der Waals surface area contributed by atoms with Gasteiger partial charge in [-0.3, -0.25) is 4.68 Å². The fraction of sp³-hybridized carbons (Fsp3) is 0.714. The van der Waals surface area contributed by atoms with E-state index in [0.717, 1.165) is 18.5 Å². The van der Waals surface area contributed by atoms with E-state index in [0.29, 0.717) is 12.6 Å². The molecule has 1 fully saturated rings. The molecule has 1 aromatic heterocycles. The number of aryl methyl sites for hydroxylation is 1. The highest BCUT2D eigenvalue weighted by atomic mass is 16.2. The first-order valence-corrected chi connectivity index (χ1v) is 7.20. The molecule has 1 atom stereocenters. The Morgan fingerprint density at radius 1 is 1.47 bits per heavy atom. The maximum absolute atomic E-state index is 11.9. The highest BCUT2D eigenvalue weighted by molar-refractivity contribution is 5.74. The van der Waals surface area contributed by atoms with Gasteiger partial charge in [0.25, 0.3) is 0 Å². The lowest BCUT2D eigenvalue weighted by Gasteiger charge is -2.24. The van der Waals surface area contributed by atoms with Gasteiger partial charge in [0.2, 0.25) is 0 Å². The first kappa shape index (κ1) is 13.9. The van der Waals surface area contributed by atoms with Crippen LogP contribution in [0.5, 0.6) is 0 Å². The number of amides is 2. The van der Waals surface area contributed by atoms with E-state index in [9.17, 15) is 4.79 Å². The Morgan fingerprint density at radius 2 is 2.21 bits per heavy atom. The van der Waals surface area contributed by atoms with Gasteiger partial charge >= 0.3 is 6.03 Å². The van der Waals surface area contributed by atoms with E-state index in [4.69, 9.17) is 0 Å². The van der Waals surface area contributed by atoms with E-state index < -0.39 is 0 Å². The normalized spacial score (nSPS) is 18.0. The van der Waals surface area contributed by atoms with Gasteiger partial charge in [-0.25, -0.2) is 4.79 Å².